The molecule has 7 heteroatoms. The van der Waals surface area contributed by atoms with Crippen molar-refractivity contribution in [3.8, 4) is 0 Å². The molecule has 1 aliphatic rings. The van der Waals surface area contributed by atoms with E-state index in [-0.39, 0.29) is 17.5 Å². The molecule has 3 heterocycles. The largest absolute Gasteiger partial charge is 0.350 e. The Bertz CT molecular complexity index is 1080. The van der Waals surface area contributed by atoms with Gasteiger partial charge in [-0.05, 0) is 37.5 Å². The molecule has 1 atom stereocenters. The SMILES string of the molecule is Cc1nc2ccc(N3CCC[C@@H]3C(=O)NCc3ccccc3)nc2c(=O)n1C. The van der Waals surface area contributed by atoms with Crippen molar-refractivity contribution in [3.05, 3.63) is 64.2 Å². The minimum absolute atomic E-state index is 0.0156. The van der Waals surface area contributed by atoms with Gasteiger partial charge in [0.15, 0.2) is 5.52 Å². The molecule has 0 unspecified atom stereocenters. The van der Waals surface area contributed by atoms with Crippen LogP contribution in [0.3, 0.4) is 0 Å². The Labute approximate surface area is 163 Å². The van der Waals surface area contributed by atoms with E-state index in [0.29, 0.717) is 29.2 Å². The normalized spacial score (nSPS) is 16.5. The lowest BCUT2D eigenvalue weighted by molar-refractivity contribution is -0.122. The summed E-state index contributed by atoms with van der Waals surface area (Å²) >= 11 is 0. The summed E-state index contributed by atoms with van der Waals surface area (Å²) in [5.74, 6) is 1.28. The molecular weight excluding hydrogens is 354 g/mol. The fourth-order valence-electron chi connectivity index (χ4n) is 3.62. The van der Waals surface area contributed by atoms with E-state index in [9.17, 15) is 9.59 Å². The van der Waals surface area contributed by atoms with Gasteiger partial charge in [-0.25, -0.2) is 9.97 Å². The molecule has 3 aromatic rings. The predicted octanol–water partition coefficient (Wildman–Crippen LogP) is 1.92. The lowest BCUT2D eigenvalue weighted by atomic mass is 10.2. The molecule has 28 heavy (non-hydrogen) atoms. The van der Waals surface area contributed by atoms with Crippen molar-refractivity contribution in [1.82, 2.24) is 19.9 Å². The number of aryl methyl sites for hydroxylation is 1. The minimum atomic E-state index is -0.282. The van der Waals surface area contributed by atoms with Gasteiger partial charge in [-0.3, -0.25) is 14.2 Å². The summed E-state index contributed by atoms with van der Waals surface area (Å²) in [6.07, 6.45) is 1.68. The molecule has 7 nitrogen and oxygen atoms in total. The van der Waals surface area contributed by atoms with Gasteiger partial charge in [-0.15, -0.1) is 0 Å². The van der Waals surface area contributed by atoms with Crippen LogP contribution < -0.4 is 15.8 Å². The van der Waals surface area contributed by atoms with Crippen LogP contribution in [0, 0.1) is 6.92 Å². The van der Waals surface area contributed by atoms with Crippen molar-refractivity contribution < 1.29 is 4.79 Å². The van der Waals surface area contributed by atoms with Crippen LogP contribution in [0.5, 0.6) is 0 Å². The van der Waals surface area contributed by atoms with Gasteiger partial charge in [0, 0.05) is 20.1 Å². The van der Waals surface area contributed by atoms with Crippen molar-refractivity contribution >= 4 is 22.8 Å². The first-order valence-corrected chi connectivity index (χ1v) is 9.47. The molecule has 1 amide bonds. The van der Waals surface area contributed by atoms with E-state index in [1.165, 1.54) is 4.57 Å². The first-order chi connectivity index (χ1) is 13.5. The molecule has 0 saturated carbocycles. The van der Waals surface area contributed by atoms with Gasteiger partial charge < -0.3 is 10.2 Å². The zero-order chi connectivity index (χ0) is 19.7. The molecule has 4 rings (SSSR count). The first kappa shape index (κ1) is 18.2. The predicted molar refractivity (Wildman–Crippen MR) is 108 cm³/mol. The maximum atomic E-state index is 12.8. The first-order valence-electron chi connectivity index (χ1n) is 9.47. The van der Waals surface area contributed by atoms with Crippen LogP contribution in [0.4, 0.5) is 5.82 Å². The maximum absolute atomic E-state index is 12.8. The highest BCUT2D eigenvalue weighted by Gasteiger charge is 2.31. The monoisotopic (exact) mass is 377 g/mol. The van der Waals surface area contributed by atoms with E-state index < -0.39 is 0 Å². The average molecular weight is 377 g/mol. The fourth-order valence-corrected chi connectivity index (χ4v) is 3.62. The summed E-state index contributed by atoms with van der Waals surface area (Å²) in [7, 11) is 1.69. The zero-order valence-electron chi connectivity index (χ0n) is 16.1. The number of fused-ring (bicyclic) bond motifs is 1. The number of amides is 1. The molecule has 1 aromatic carbocycles. The molecule has 0 spiro atoms. The van der Waals surface area contributed by atoms with E-state index in [1.807, 2.05) is 47.4 Å². The highest BCUT2D eigenvalue weighted by atomic mass is 16.2. The van der Waals surface area contributed by atoms with Crippen LogP contribution in [-0.2, 0) is 18.4 Å². The van der Waals surface area contributed by atoms with Gasteiger partial charge in [0.1, 0.15) is 17.7 Å². The van der Waals surface area contributed by atoms with Crippen LogP contribution in [0.25, 0.3) is 11.0 Å². The second-order valence-electron chi connectivity index (χ2n) is 7.12. The number of pyridine rings is 1. The average Bonchev–Trinajstić information content (AvgIpc) is 3.21. The van der Waals surface area contributed by atoms with Crippen LogP contribution in [0.15, 0.2) is 47.3 Å². The van der Waals surface area contributed by atoms with E-state index in [4.69, 9.17) is 0 Å². The summed E-state index contributed by atoms with van der Waals surface area (Å²) in [4.78, 5) is 36.3. The zero-order valence-corrected chi connectivity index (χ0v) is 16.1. The fraction of sp³-hybridized carbons (Fsp3) is 0.333. The van der Waals surface area contributed by atoms with Crippen molar-refractivity contribution in [2.45, 2.75) is 32.4 Å². The Morgan fingerprint density at radius 2 is 1.96 bits per heavy atom. The van der Waals surface area contributed by atoms with Gasteiger partial charge in [0.25, 0.3) is 5.56 Å². The summed E-state index contributed by atoms with van der Waals surface area (Å²) < 4.78 is 1.49. The van der Waals surface area contributed by atoms with E-state index in [2.05, 4.69) is 15.3 Å². The number of nitrogens with one attached hydrogen (secondary N) is 1. The summed E-state index contributed by atoms with van der Waals surface area (Å²) in [5, 5.41) is 3.02. The van der Waals surface area contributed by atoms with Crippen molar-refractivity contribution in [2.24, 2.45) is 7.05 Å². The quantitative estimate of drug-likeness (QED) is 0.751. The number of benzene rings is 1. The number of carbonyl (C=O) groups excluding carboxylic acids is 1. The smallest absolute Gasteiger partial charge is 0.279 e. The molecule has 0 radical (unpaired) electrons. The standard InChI is InChI=1S/C21H23N5O2/c1-14-23-16-10-11-18(24-19(16)21(28)25(14)2)26-12-6-9-17(26)20(27)22-13-15-7-4-3-5-8-15/h3-5,7-8,10-11,17H,6,9,12-13H2,1-2H3,(H,22,27)/t17-/m1/s1. The van der Waals surface area contributed by atoms with Gasteiger partial charge in [0.2, 0.25) is 5.91 Å². The van der Waals surface area contributed by atoms with Crippen LogP contribution in [-0.4, -0.2) is 33.0 Å². The van der Waals surface area contributed by atoms with E-state index in [0.717, 1.165) is 24.9 Å². The minimum Gasteiger partial charge on any atom is -0.350 e. The molecule has 1 N–H and O–H groups in total. The molecule has 0 aliphatic carbocycles. The molecular formula is C21H23N5O2. The third kappa shape index (κ3) is 3.35. The number of hydrogen-bond acceptors (Lipinski definition) is 5. The second kappa shape index (κ2) is 7.42. The Balaban J connectivity index is 1.57. The van der Waals surface area contributed by atoms with E-state index in [1.54, 1.807) is 14.0 Å². The van der Waals surface area contributed by atoms with E-state index >= 15 is 0 Å². The number of aromatic nitrogens is 3. The number of nitrogens with zero attached hydrogens (tertiary/aromatic N) is 4. The number of rotatable bonds is 4. The summed E-state index contributed by atoms with van der Waals surface area (Å²) in [6.45, 7) is 3.03. The maximum Gasteiger partial charge on any atom is 0.279 e. The van der Waals surface area contributed by atoms with Crippen molar-refractivity contribution in [2.75, 3.05) is 11.4 Å². The van der Waals surface area contributed by atoms with Gasteiger partial charge in [-0.2, -0.15) is 0 Å². The molecule has 1 aliphatic heterocycles. The van der Waals surface area contributed by atoms with Crippen molar-refractivity contribution in [3.63, 3.8) is 0 Å². The molecule has 2 aromatic heterocycles. The molecule has 0 bridgehead atoms. The highest BCUT2D eigenvalue weighted by molar-refractivity contribution is 5.86. The lowest BCUT2D eigenvalue weighted by Gasteiger charge is -2.25. The van der Waals surface area contributed by atoms with Crippen molar-refractivity contribution in [1.29, 1.82) is 0 Å². The van der Waals surface area contributed by atoms with Crippen LogP contribution in [0.2, 0.25) is 0 Å². The molecule has 1 fully saturated rings. The summed E-state index contributed by atoms with van der Waals surface area (Å²) in [6, 6.07) is 13.2. The number of carbonyl (C=O) groups is 1. The number of anilines is 1. The topological polar surface area (TPSA) is 80.1 Å². The third-order valence-corrected chi connectivity index (χ3v) is 5.29. The second-order valence-corrected chi connectivity index (χ2v) is 7.12. The molecule has 1 saturated heterocycles. The lowest BCUT2D eigenvalue weighted by Crippen LogP contribution is -2.43. The molecule has 144 valence electrons. The Morgan fingerprint density at radius 1 is 1.18 bits per heavy atom. The Hall–Kier alpha value is -3.22. The highest BCUT2D eigenvalue weighted by Crippen LogP contribution is 2.25. The summed E-state index contributed by atoms with van der Waals surface area (Å²) in [5.41, 5.74) is 1.80. The van der Waals surface area contributed by atoms with Crippen LogP contribution >= 0.6 is 0 Å². The Morgan fingerprint density at radius 3 is 2.75 bits per heavy atom. The van der Waals surface area contributed by atoms with Crippen LogP contribution in [0.1, 0.15) is 24.2 Å². The number of hydrogen-bond donors (Lipinski definition) is 1. The van der Waals surface area contributed by atoms with Gasteiger partial charge >= 0.3 is 0 Å². The Kier molecular flexibility index (Phi) is 4.81. The third-order valence-electron chi connectivity index (χ3n) is 5.29. The van der Waals surface area contributed by atoms with Gasteiger partial charge in [0.05, 0.1) is 5.52 Å². The van der Waals surface area contributed by atoms with Gasteiger partial charge in [-0.1, -0.05) is 30.3 Å².